The van der Waals surface area contributed by atoms with Crippen molar-refractivity contribution < 1.29 is 21.6 Å². The molecule has 3 aromatic carbocycles. The van der Waals surface area contributed by atoms with Crippen molar-refractivity contribution in [2.45, 2.75) is 22.9 Å². The summed E-state index contributed by atoms with van der Waals surface area (Å²) in [5, 5.41) is 0. The van der Waals surface area contributed by atoms with Crippen molar-refractivity contribution in [1.29, 1.82) is 0 Å². The smallest absolute Gasteiger partial charge is 0.384 e. The number of nitrogen functional groups attached to an aromatic ring is 1. The number of benzene rings is 3. The number of aromatic nitrogens is 3. The Bertz CT molecular complexity index is 1680. The van der Waals surface area contributed by atoms with Crippen LogP contribution in [-0.4, -0.2) is 23.0 Å². The lowest BCUT2D eigenvalue weighted by Gasteiger charge is -2.15. The van der Waals surface area contributed by atoms with Gasteiger partial charge in [0, 0.05) is 0 Å². The summed E-state index contributed by atoms with van der Waals surface area (Å²) in [5.74, 6) is -0.400. The molecule has 0 amide bonds. The standard InChI is InChI=1S/C24H17F3N4O2S/c1-14-10-12-15(13-11-14)34(32,33)21-20-23(30-18-8-4-3-7-17(18)29-20)31(22(21)28)19-9-5-2-6-16(19)24(25,26)27/h2-13H,28H2,1H3. The highest BCUT2D eigenvalue weighted by molar-refractivity contribution is 7.92. The van der Waals surface area contributed by atoms with Gasteiger partial charge in [0.15, 0.2) is 5.65 Å². The third-order valence-electron chi connectivity index (χ3n) is 5.50. The molecule has 2 aromatic heterocycles. The molecule has 0 aliphatic rings. The zero-order valence-corrected chi connectivity index (χ0v) is 18.5. The van der Waals surface area contributed by atoms with E-state index in [1.54, 1.807) is 36.4 Å². The van der Waals surface area contributed by atoms with Gasteiger partial charge in [-0.15, -0.1) is 0 Å². The molecule has 0 radical (unpaired) electrons. The molecule has 2 N–H and O–H groups in total. The average molecular weight is 482 g/mol. The van der Waals surface area contributed by atoms with Crippen LogP contribution in [-0.2, 0) is 16.0 Å². The molecule has 0 atom stereocenters. The topological polar surface area (TPSA) is 90.9 Å². The number of alkyl halides is 3. The maximum Gasteiger partial charge on any atom is 0.418 e. The van der Waals surface area contributed by atoms with E-state index in [0.29, 0.717) is 11.0 Å². The summed E-state index contributed by atoms with van der Waals surface area (Å²) in [6.45, 7) is 1.81. The lowest BCUT2D eigenvalue weighted by atomic mass is 10.1. The molecule has 6 nitrogen and oxygen atoms in total. The van der Waals surface area contributed by atoms with Crippen LogP contribution in [0.5, 0.6) is 0 Å². The Morgan fingerprint density at radius 2 is 1.44 bits per heavy atom. The first-order valence-electron chi connectivity index (χ1n) is 10.1. The van der Waals surface area contributed by atoms with Gasteiger partial charge in [0.25, 0.3) is 0 Å². The fourth-order valence-corrected chi connectivity index (χ4v) is 5.38. The molecule has 0 aliphatic heterocycles. The summed E-state index contributed by atoms with van der Waals surface area (Å²) in [6, 6.07) is 17.6. The second-order valence-electron chi connectivity index (χ2n) is 7.77. The summed E-state index contributed by atoms with van der Waals surface area (Å²) in [6.07, 6.45) is -4.71. The van der Waals surface area contributed by atoms with Gasteiger partial charge in [-0.2, -0.15) is 13.2 Å². The van der Waals surface area contributed by atoms with E-state index < -0.39 is 27.4 Å². The number of para-hydroxylation sites is 3. The highest BCUT2D eigenvalue weighted by atomic mass is 32.2. The Kier molecular flexibility index (Phi) is 4.87. The van der Waals surface area contributed by atoms with Gasteiger partial charge >= 0.3 is 6.18 Å². The molecule has 5 rings (SSSR count). The van der Waals surface area contributed by atoms with Crippen molar-refractivity contribution in [1.82, 2.24) is 14.5 Å². The van der Waals surface area contributed by atoms with E-state index in [-0.39, 0.29) is 26.6 Å². The summed E-state index contributed by atoms with van der Waals surface area (Å²) < 4.78 is 69.9. The lowest BCUT2D eigenvalue weighted by Crippen LogP contribution is -2.13. The monoisotopic (exact) mass is 482 g/mol. The summed E-state index contributed by atoms with van der Waals surface area (Å²) >= 11 is 0. The van der Waals surface area contributed by atoms with Crippen molar-refractivity contribution in [3.05, 3.63) is 83.9 Å². The van der Waals surface area contributed by atoms with E-state index >= 15 is 0 Å². The Hall–Kier alpha value is -3.92. The van der Waals surface area contributed by atoms with Crippen LogP contribution < -0.4 is 5.73 Å². The number of sulfone groups is 1. The summed E-state index contributed by atoms with van der Waals surface area (Å²) in [5.41, 5.74) is 6.42. The maximum absolute atomic E-state index is 13.9. The van der Waals surface area contributed by atoms with E-state index in [9.17, 15) is 21.6 Å². The van der Waals surface area contributed by atoms with Crippen LogP contribution in [0, 0.1) is 6.92 Å². The molecule has 0 saturated heterocycles. The van der Waals surface area contributed by atoms with Gasteiger partial charge in [0.05, 0.1) is 27.2 Å². The lowest BCUT2D eigenvalue weighted by molar-refractivity contribution is -0.137. The van der Waals surface area contributed by atoms with E-state index in [0.717, 1.165) is 16.2 Å². The molecular weight excluding hydrogens is 465 g/mol. The van der Waals surface area contributed by atoms with Crippen LogP contribution in [0.2, 0.25) is 0 Å². The minimum absolute atomic E-state index is 0.0529. The molecule has 0 bridgehead atoms. The van der Waals surface area contributed by atoms with Crippen molar-refractivity contribution in [3.8, 4) is 5.69 Å². The maximum atomic E-state index is 13.9. The molecule has 0 aliphatic carbocycles. The molecule has 34 heavy (non-hydrogen) atoms. The van der Waals surface area contributed by atoms with Gasteiger partial charge in [-0.05, 0) is 43.3 Å². The minimum Gasteiger partial charge on any atom is -0.384 e. The number of fused-ring (bicyclic) bond motifs is 2. The molecule has 0 unspecified atom stereocenters. The van der Waals surface area contributed by atoms with Crippen LogP contribution in [0.3, 0.4) is 0 Å². The quantitative estimate of drug-likeness (QED) is 0.376. The van der Waals surface area contributed by atoms with Gasteiger partial charge < -0.3 is 5.73 Å². The van der Waals surface area contributed by atoms with Gasteiger partial charge in [0.2, 0.25) is 9.84 Å². The molecule has 0 fully saturated rings. The van der Waals surface area contributed by atoms with Crippen LogP contribution in [0.15, 0.2) is 82.6 Å². The summed E-state index contributed by atoms with van der Waals surface area (Å²) in [7, 11) is -4.25. The first-order chi connectivity index (χ1) is 16.1. The first kappa shape index (κ1) is 21.9. The predicted octanol–water partition coefficient (Wildman–Crippen LogP) is 5.32. The zero-order valence-electron chi connectivity index (χ0n) is 17.7. The van der Waals surface area contributed by atoms with E-state index in [2.05, 4.69) is 9.97 Å². The number of nitrogens with two attached hydrogens (primary N) is 1. The number of halogens is 3. The number of rotatable bonds is 3. The van der Waals surface area contributed by atoms with Crippen molar-refractivity contribution in [2.24, 2.45) is 0 Å². The number of anilines is 1. The van der Waals surface area contributed by atoms with Gasteiger partial charge in [-0.25, -0.2) is 18.4 Å². The van der Waals surface area contributed by atoms with Crippen molar-refractivity contribution >= 4 is 37.9 Å². The third-order valence-corrected chi connectivity index (χ3v) is 7.34. The second-order valence-corrected chi connectivity index (χ2v) is 9.65. The van der Waals surface area contributed by atoms with Crippen molar-refractivity contribution in [3.63, 3.8) is 0 Å². The molecule has 2 heterocycles. The minimum atomic E-state index is -4.71. The Morgan fingerprint density at radius 3 is 2.09 bits per heavy atom. The molecule has 0 saturated carbocycles. The predicted molar refractivity (Wildman–Crippen MR) is 122 cm³/mol. The fraction of sp³-hybridized carbons (Fsp3) is 0.0833. The molecule has 172 valence electrons. The Balaban J connectivity index is 1.93. The fourth-order valence-electron chi connectivity index (χ4n) is 3.89. The molecule has 5 aromatic rings. The average Bonchev–Trinajstić information content (AvgIpc) is 3.08. The number of aryl methyl sites for hydroxylation is 1. The number of hydrogen-bond acceptors (Lipinski definition) is 5. The number of nitrogens with zero attached hydrogens (tertiary/aromatic N) is 3. The molecular formula is C24H17F3N4O2S. The third kappa shape index (κ3) is 3.38. The zero-order chi connectivity index (χ0) is 24.3. The van der Waals surface area contributed by atoms with E-state index in [1.165, 1.54) is 30.3 Å². The van der Waals surface area contributed by atoms with Crippen LogP contribution in [0.25, 0.3) is 27.9 Å². The van der Waals surface area contributed by atoms with Gasteiger partial charge in [0.1, 0.15) is 16.2 Å². The van der Waals surface area contributed by atoms with Gasteiger partial charge in [-0.1, -0.05) is 42.0 Å². The highest BCUT2D eigenvalue weighted by Crippen LogP contribution is 2.41. The Labute approximate surface area is 192 Å². The highest BCUT2D eigenvalue weighted by Gasteiger charge is 2.37. The number of hydrogen-bond donors (Lipinski definition) is 1. The van der Waals surface area contributed by atoms with Crippen LogP contribution in [0.1, 0.15) is 11.1 Å². The van der Waals surface area contributed by atoms with Gasteiger partial charge in [-0.3, -0.25) is 4.57 Å². The van der Waals surface area contributed by atoms with Crippen LogP contribution >= 0.6 is 0 Å². The first-order valence-corrected chi connectivity index (χ1v) is 11.6. The van der Waals surface area contributed by atoms with E-state index in [1.807, 2.05) is 6.92 Å². The van der Waals surface area contributed by atoms with E-state index in [4.69, 9.17) is 5.73 Å². The Morgan fingerprint density at radius 1 is 0.853 bits per heavy atom. The molecule has 0 spiro atoms. The second kappa shape index (κ2) is 7.56. The van der Waals surface area contributed by atoms with Crippen molar-refractivity contribution in [2.75, 3.05) is 5.73 Å². The normalized spacial score (nSPS) is 12.5. The van der Waals surface area contributed by atoms with Crippen LogP contribution in [0.4, 0.5) is 19.0 Å². The largest absolute Gasteiger partial charge is 0.418 e. The molecule has 10 heteroatoms. The SMILES string of the molecule is Cc1ccc(S(=O)(=O)c2c(N)n(-c3ccccc3C(F)(F)F)c3nc4ccccc4nc23)cc1. The summed E-state index contributed by atoms with van der Waals surface area (Å²) in [4.78, 5) is 8.49.